The van der Waals surface area contributed by atoms with Crippen LogP contribution in [0.4, 0.5) is 0 Å². The fraction of sp³-hybridized carbons (Fsp3) is 0.900. The Morgan fingerprint density at radius 2 is 2.00 bits per heavy atom. The van der Waals surface area contributed by atoms with Gasteiger partial charge in [-0.05, 0) is 26.7 Å². The lowest BCUT2D eigenvalue weighted by molar-refractivity contribution is -0.131. The number of amides is 1. The Bertz CT molecular complexity index is 157. The van der Waals surface area contributed by atoms with Gasteiger partial charge in [0.25, 0.3) is 0 Å². The number of carbonyl (C=O) groups is 1. The van der Waals surface area contributed by atoms with Gasteiger partial charge in [-0.15, -0.1) is 0 Å². The van der Waals surface area contributed by atoms with Crippen LogP contribution in [0.3, 0.4) is 0 Å². The van der Waals surface area contributed by atoms with Crippen LogP contribution in [0, 0.1) is 0 Å². The number of hydrogen-bond acceptors (Lipinski definition) is 2. The molecule has 0 aliphatic rings. The molecule has 0 spiro atoms. The van der Waals surface area contributed by atoms with E-state index in [0.29, 0.717) is 12.5 Å². The van der Waals surface area contributed by atoms with Crippen molar-refractivity contribution in [2.45, 2.75) is 52.1 Å². The Kier molecular flexibility index (Phi) is 5.71. The van der Waals surface area contributed by atoms with Crippen LogP contribution < -0.4 is 5.73 Å². The molecule has 1 amide bonds. The van der Waals surface area contributed by atoms with E-state index in [1.165, 1.54) is 0 Å². The largest absolute Gasteiger partial charge is 0.343 e. The van der Waals surface area contributed by atoms with Crippen LogP contribution in [0.15, 0.2) is 0 Å². The zero-order chi connectivity index (χ0) is 10.4. The SMILES string of the molecule is CCC(C)N(C)C(=O)CCC(C)N. The second-order valence-corrected chi connectivity index (χ2v) is 3.78. The molecular formula is C10H22N2O. The van der Waals surface area contributed by atoms with E-state index in [1.54, 1.807) is 0 Å². The van der Waals surface area contributed by atoms with Crippen LogP contribution >= 0.6 is 0 Å². The topological polar surface area (TPSA) is 46.3 Å². The maximum absolute atomic E-state index is 11.5. The van der Waals surface area contributed by atoms with Gasteiger partial charge < -0.3 is 10.6 Å². The van der Waals surface area contributed by atoms with Gasteiger partial charge in [0.05, 0.1) is 0 Å². The van der Waals surface area contributed by atoms with Crippen LogP contribution in [0.1, 0.15) is 40.0 Å². The van der Waals surface area contributed by atoms with Gasteiger partial charge in [-0.3, -0.25) is 4.79 Å². The van der Waals surface area contributed by atoms with Crippen LogP contribution in [0.25, 0.3) is 0 Å². The van der Waals surface area contributed by atoms with Crippen molar-refractivity contribution in [3.63, 3.8) is 0 Å². The third-order valence-corrected chi connectivity index (χ3v) is 2.46. The molecule has 0 fully saturated rings. The molecule has 0 heterocycles. The van der Waals surface area contributed by atoms with Gasteiger partial charge in [-0.1, -0.05) is 6.92 Å². The second kappa shape index (κ2) is 5.97. The van der Waals surface area contributed by atoms with Crippen molar-refractivity contribution in [1.82, 2.24) is 4.90 Å². The number of hydrogen-bond donors (Lipinski definition) is 1. The predicted molar refractivity (Wildman–Crippen MR) is 55.4 cm³/mol. The van der Waals surface area contributed by atoms with E-state index in [0.717, 1.165) is 12.8 Å². The molecule has 13 heavy (non-hydrogen) atoms. The first-order chi connectivity index (χ1) is 5.99. The van der Waals surface area contributed by atoms with E-state index in [1.807, 2.05) is 18.9 Å². The smallest absolute Gasteiger partial charge is 0.222 e. The van der Waals surface area contributed by atoms with Crippen molar-refractivity contribution in [2.75, 3.05) is 7.05 Å². The molecule has 0 saturated heterocycles. The molecule has 0 bridgehead atoms. The maximum Gasteiger partial charge on any atom is 0.222 e. The van der Waals surface area contributed by atoms with Gasteiger partial charge in [0.15, 0.2) is 0 Å². The molecule has 0 aromatic heterocycles. The van der Waals surface area contributed by atoms with Crippen molar-refractivity contribution < 1.29 is 4.79 Å². The Balaban J connectivity index is 3.82. The molecule has 0 rings (SSSR count). The average Bonchev–Trinajstić information content (AvgIpc) is 2.11. The summed E-state index contributed by atoms with van der Waals surface area (Å²) < 4.78 is 0. The third kappa shape index (κ3) is 4.88. The number of nitrogens with two attached hydrogens (primary N) is 1. The van der Waals surface area contributed by atoms with Gasteiger partial charge >= 0.3 is 0 Å². The lowest BCUT2D eigenvalue weighted by Crippen LogP contribution is -2.35. The number of rotatable bonds is 5. The van der Waals surface area contributed by atoms with Crippen molar-refractivity contribution in [3.05, 3.63) is 0 Å². The molecule has 2 atom stereocenters. The van der Waals surface area contributed by atoms with E-state index in [4.69, 9.17) is 5.73 Å². The predicted octanol–water partition coefficient (Wildman–Crippen LogP) is 1.37. The van der Waals surface area contributed by atoms with Gasteiger partial charge in [0.1, 0.15) is 0 Å². The molecule has 78 valence electrons. The zero-order valence-corrected chi connectivity index (χ0v) is 9.21. The van der Waals surface area contributed by atoms with Crippen LogP contribution in [-0.2, 0) is 4.79 Å². The standard InChI is InChI=1S/C10H22N2O/c1-5-9(3)12(4)10(13)7-6-8(2)11/h8-9H,5-7,11H2,1-4H3. The molecule has 2 unspecified atom stereocenters. The first-order valence-electron chi connectivity index (χ1n) is 5.00. The summed E-state index contributed by atoms with van der Waals surface area (Å²) in [7, 11) is 1.86. The molecule has 0 radical (unpaired) electrons. The van der Waals surface area contributed by atoms with E-state index < -0.39 is 0 Å². The zero-order valence-electron chi connectivity index (χ0n) is 9.21. The van der Waals surface area contributed by atoms with E-state index in [2.05, 4.69) is 13.8 Å². The highest BCUT2D eigenvalue weighted by Gasteiger charge is 2.13. The van der Waals surface area contributed by atoms with Crippen molar-refractivity contribution >= 4 is 5.91 Å². The summed E-state index contributed by atoms with van der Waals surface area (Å²) in [5.74, 6) is 0.201. The highest BCUT2D eigenvalue weighted by atomic mass is 16.2. The monoisotopic (exact) mass is 186 g/mol. The summed E-state index contributed by atoms with van der Waals surface area (Å²) in [5, 5.41) is 0. The second-order valence-electron chi connectivity index (χ2n) is 3.78. The van der Waals surface area contributed by atoms with Crippen LogP contribution in [0.5, 0.6) is 0 Å². The fourth-order valence-electron chi connectivity index (χ4n) is 1.05. The Hall–Kier alpha value is -0.570. The Labute approximate surface area is 81.3 Å². The summed E-state index contributed by atoms with van der Waals surface area (Å²) in [4.78, 5) is 13.3. The normalized spacial score (nSPS) is 15.2. The minimum absolute atomic E-state index is 0.120. The first-order valence-corrected chi connectivity index (χ1v) is 5.00. The van der Waals surface area contributed by atoms with Gasteiger partial charge in [-0.2, -0.15) is 0 Å². The minimum Gasteiger partial charge on any atom is -0.343 e. The summed E-state index contributed by atoms with van der Waals surface area (Å²) >= 11 is 0. The van der Waals surface area contributed by atoms with Crippen molar-refractivity contribution in [2.24, 2.45) is 5.73 Å². The van der Waals surface area contributed by atoms with E-state index in [9.17, 15) is 4.79 Å². The lowest BCUT2D eigenvalue weighted by atomic mass is 10.1. The maximum atomic E-state index is 11.5. The number of carbonyl (C=O) groups excluding carboxylic acids is 1. The summed E-state index contributed by atoms with van der Waals surface area (Å²) in [6.45, 7) is 6.07. The van der Waals surface area contributed by atoms with Gasteiger partial charge in [0, 0.05) is 25.6 Å². The van der Waals surface area contributed by atoms with Crippen molar-refractivity contribution in [3.8, 4) is 0 Å². The fourth-order valence-corrected chi connectivity index (χ4v) is 1.05. The van der Waals surface area contributed by atoms with E-state index >= 15 is 0 Å². The molecule has 0 aliphatic heterocycles. The van der Waals surface area contributed by atoms with E-state index in [-0.39, 0.29) is 11.9 Å². The first kappa shape index (κ1) is 12.4. The van der Waals surface area contributed by atoms with Gasteiger partial charge in [0.2, 0.25) is 5.91 Å². The molecular weight excluding hydrogens is 164 g/mol. The highest BCUT2D eigenvalue weighted by Crippen LogP contribution is 2.04. The number of nitrogens with zero attached hydrogens (tertiary/aromatic N) is 1. The highest BCUT2D eigenvalue weighted by molar-refractivity contribution is 5.76. The molecule has 0 saturated carbocycles. The average molecular weight is 186 g/mol. The molecule has 3 nitrogen and oxygen atoms in total. The van der Waals surface area contributed by atoms with Gasteiger partial charge in [-0.25, -0.2) is 0 Å². The quantitative estimate of drug-likeness (QED) is 0.705. The minimum atomic E-state index is 0.120. The Morgan fingerprint density at radius 1 is 1.46 bits per heavy atom. The lowest BCUT2D eigenvalue weighted by Gasteiger charge is -2.24. The molecule has 0 aliphatic carbocycles. The van der Waals surface area contributed by atoms with Crippen LogP contribution in [0.2, 0.25) is 0 Å². The Morgan fingerprint density at radius 3 is 2.38 bits per heavy atom. The molecule has 0 aromatic carbocycles. The molecule has 2 N–H and O–H groups in total. The summed E-state index contributed by atoms with van der Waals surface area (Å²) in [5.41, 5.74) is 5.58. The van der Waals surface area contributed by atoms with Crippen molar-refractivity contribution in [1.29, 1.82) is 0 Å². The molecule has 0 aromatic rings. The third-order valence-electron chi connectivity index (χ3n) is 2.46. The van der Waals surface area contributed by atoms with Crippen LogP contribution in [-0.4, -0.2) is 29.9 Å². The summed E-state index contributed by atoms with van der Waals surface area (Å²) in [6.07, 6.45) is 2.35. The molecule has 3 heteroatoms. The summed E-state index contributed by atoms with van der Waals surface area (Å²) in [6, 6.07) is 0.454.